The summed E-state index contributed by atoms with van der Waals surface area (Å²) in [6, 6.07) is 14.4. The summed E-state index contributed by atoms with van der Waals surface area (Å²) in [6.07, 6.45) is 0.435. The number of rotatable bonds is 5. The van der Waals surface area contributed by atoms with Crippen LogP contribution in [0.1, 0.15) is 10.4 Å². The summed E-state index contributed by atoms with van der Waals surface area (Å²) in [5.74, 6) is 0.482. The largest absolute Gasteiger partial charge is 0.348 e. The average Bonchev–Trinajstić information content (AvgIpc) is 3.37. The Bertz CT molecular complexity index is 837. The first-order valence-electron chi connectivity index (χ1n) is 9.76. The number of fused-ring (bicyclic) bond motifs is 1. The number of benzene rings is 1. The fraction of sp³-hybridized carbons (Fsp3) is 0.455. The molecule has 2 atom stereocenters. The molecular weight excluding hydrogens is 370 g/mol. The van der Waals surface area contributed by atoms with Crippen molar-refractivity contribution < 1.29 is 9.59 Å². The summed E-state index contributed by atoms with van der Waals surface area (Å²) in [7, 11) is 3.65. The van der Waals surface area contributed by atoms with E-state index in [1.807, 2.05) is 42.6 Å². The topological polar surface area (TPSA) is 43.9 Å². The standard InChI is InChI=1S/C22H27N3O2S/c1-23(2)21(27)22-15-24(12-17-7-4-3-5-8-17)13-18(22)14-25(16-22)20(26)11-19-9-6-10-28-19/h3-10,18H,11-16H2,1-2H3/t18-,22-/m0/s1. The molecule has 6 heteroatoms. The van der Waals surface area contributed by atoms with Gasteiger partial charge in [-0.2, -0.15) is 0 Å². The van der Waals surface area contributed by atoms with E-state index in [1.165, 1.54) is 5.56 Å². The molecule has 3 heterocycles. The van der Waals surface area contributed by atoms with Gasteiger partial charge in [-0.05, 0) is 17.0 Å². The number of thiophene rings is 1. The normalized spacial score (nSPS) is 24.4. The Balaban J connectivity index is 1.50. The lowest BCUT2D eigenvalue weighted by Crippen LogP contribution is -2.47. The number of nitrogens with zero attached hydrogens (tertiary/aromatic N) is 3. The van der Waals surface area contributed by atoms with Gasteiger partial charge in [0.15, 0.2) is 0 Å². The fourth-order valence-electron chi connectivity index (χ4n) is 4.74. The zero-order valence-corrected chi connectivity index (χ0v) is 17.3. The molecule has 2 fully saturated rings. The van der Waals surface area contributed by atoms with Crippen molar-refractivity contribution in [3.63, 3.8) is 0 Å². The average molecular weight is 398 g/mol. The highest BCUT2D eigenvalue weighted by atomic mass is 32.1. The predicted octanol–water partition coefficient (Wildman–Crippen LogP) is 2.34. The van der Waals surface area contributed by atoms with Crippen molar-refractivity contribution in [2.75, 3.05) is 40.3 Å². The van der Waals surface area contributed by atoms with Gasteiger partial charge in [0, 0.05) is 57.6 Å². The van der Waals surface area contributed by atoms with Gasteiger partial charge in [-0.25, -0.2) is 0 Å². The smallest absolute Gasteiger partial charge is 0.231 e. The van der Waals surface area contributed by atoms with Crippen molar-refractivity contribution in [3.05, 3.63) is 58.3 Å². The van der Waals surface area contributed by atoms with Crippen LogP contribution in [0, 0.1) is 11.3 Å². The second-order valence-electron chi connectivity index (χ2n) is 8.24. The molecule has 2 aliphatic heterocycles. The van der Waals surface area contributed by atoms with Gasteiger partial charge in [-0.3, -0.25) is 14.5 Å². The van der Waals surface area contributed by atoms with E-state index in [0.29, 0.717) is 26.1 Å². The maximum absolute atomic E-state index is 13.2. The van der Waals surface area contributed by atoms with E-state index in [9.17, 15) is 9.59 Å². The zero-order chi connectivity index (χ0) is 19.7. The van der Waals surface area contributed by atoms with E-state index in [4.69, 9.17) is 0 Å². The van der Waals surface area contributed by atoms with Crippen molar-refractivity contribution in [2.45, 2.75) is 13.0 Å². The molecule has 2 saturated heterocycles. The number of hydrogen-bond acceptors (Lipinski definition) is 4. The molecule has 0 spiro atoms. The first-order valence-corrected chi connectivity index (χ1v) is 10.6. The van der Waals surface area contributed by atoms with Crippen LogP contribution in [0.25, 0.3) is 0 Å². The molecule has 0 unspecified atom stereocenters. The molecule has 2 aromatic rings. The van der Waals surface area contributed by atoms with Crippen LogP contribution in [-0.4, -0.2) is 66.8 Å². The summed E-state index contributed by atoms with van der Waals surface area (Å²) < 4.78 is 0. The van der Waals surface area contributed by atoms with E-state index < -0.39 is 5.41 Å². The van der Waals surface area contributed by atoms with E-state index in [0.717, 1.165) is 18.0 Å². The van der Waals surface area contributed by atoms with Crippen LogP contribution >= 0.6 is 11.3 Å². The molecule has 2 amide bonds. The van der Waals surface area contributed by atoms with E-state index >= 15 is 0 Å². The molecule has 0 saturated carbocycles. The Labute approximate surface area is 170 Å². The van der Waals surface area contributed by atoms with Crippen molar-refractivity contribution in [1.82, 2.24) is 14.7 Å². The van der Waals surface area contributed by atoms with Crippen molar-refractivity contribution >= 4 is 23.2 Å². The van der Waals surface area contributed by atoms with Crippen LogP contribution in [0.5, 0.6) is 0 Å². The summed E-state index contributed by atoms with van der Waals surface area (Å²) in [6.45, 7) is 3.63. The highest BCUT2D eigenvalue weighted by molar-refractivity contribution is 7.10. The van der Waals surface area contributed by atoms with Gasteiger partial charge in [0.2, 0.25) is 11.8 Å². The SMILES string of the molecule is CN(C)C(=O)[C@]12CN(Cc3ccccc3)C[C@H]1CN(C(=O)Cc1cccs1)C2. The zero-order valence-electron chi connectivity index (χ0n) is 16.5. The predicted molar refractivity (Wildman–Crippen MR) is 111 cm³/mol. The van der Waals surface area contributed by atoms with Crippen molar-refractivity contribution in [3.8, 4) is 0 Å². The molecule has 0 radical (unpaired) electrons. The highest BCUT2D eigenvalue weighted by Crippen LogP contribution is 2.44. The molecule has 0 N–H and O–H groups in total. The molecule has 148 valence electrons. The number of likely N-dealkylation sites (tertiary alicyclic amines) is 2. The van der Waals surface area contributed by atoms with Crippen molar-refractivity contribution in [1.29, 1.82) is 0 Å². The number of amides is 2. The van der Waals surface area contributed by atoms with Gasteiger partial charge in [0.25, 0.3) is 0 Å². The molecule has 5 nitrogen and oxygen atoms in total. The summed E-state index contributed by atoms with van der Waals surface area (Å²) in [5, 5.41) is 2.00. The maximum atomic E-state index is 13.2. The second kappa shape index (κ2) is 7.68. The lowest BCUT2D eigenvalue weighted by atomic mass is 9.80. The third kappa shape index (κ3) is 3.59. The molecule has 1 aromatic carbocycles. The van der Waals surface area contributed by atoms with E-state index in [-0.39, 0.29) is 17.7 Å². The minimum atomic E-state index is -0.483. The molecule has 2 aliphatic rings. The fourth-order valence-corrected chi connectivity index (χ4v) is 5.44. The Morgan fingerprint density at radius 3 is 2.57 bits per heavy atom. The molecule has 0 bridgehead atoms. The summed E-state index contributed by atoms with van der Waals surface area (Å²) in [4.78, 5) is 33.1. The van der Waals surface area contributed by atoms with Crippen LogP contribution in [0.4, 0.5) is 0 Å². The van der Waals surface area contributed by atoms with E-state index in [1.54, 1.807) is 16.2 Å². The highest BCUT2D eigenvalue weighted by Gasteiger charge is 2.58. The van der Waals surface area contributed by atoms with Crippen LogP contribution in [-0.2, 0) is 22.6 Å². The van der Waals surface area contributed by atoms with Gasteiger partial charge < -0.3 is 9.80 Å². The molecule has 28 heavy (non-hydrogen) atoms. The van der Waals surface area contributed by atoms with Gasteiger partial charge in [-0.1, -0.05) is 36.4 Å². The number of carbonyl (C=O) groups is 2. The molecule has 1 aromatic heterocycles. The van der Waals surface area contributed by atoms with Crippen molar-refractivity contribution in [2.24, 2.45) is 11.3 Å². The minimum absolute atomic E-state index is 0.136. The lowest BCUT2D eigenvalue weighted by Gasteiger charge is -2.31. The van der Waals surface area contributed by atoms with Crippen LogP contribution < -0.4 is 0 Å². The molecular formula is C22H27N3O2S. The minimum Gasteiger partial charge on any atom is -0.348 e. The molecule has 0 aliphatic carbocycles. The maximum Gasteiger partial charge on any atom is 0.231 e. The Morgan fingerprint density at radius 1 is 1.11 bits per heavy atom. The van der Waals surface area contributed by atoms with Crippen LogP contribution in [0.3, 0.4) is 0 Å². The third-order valence-electron chi connectivity index (χ3n) is 6.02. The first-order chi connectivity index (χ1) is 13.5. The van der Waals surface area contributed by atoms with Gasteiger partial charge in [0.1, 0.15) is 0 Å². The monoisotopic (exact) mass is 397 g/mol. The third-order valence-corrected chi connectivity index (χ3v) is 6.90. The van der Waals surface area contributed by atoms with Gasteiger partial charge in [0.05, 0.1) is 11.8 Å². The van der Waals surface area contributed by atoms with Gasteiger partial charge >= 0.3 is 0 Å². The Kier molecular flexibility index (Phi) is 5.25. The van der Waals surface area contributed by atoms with Gasteiger partial charge in [-0.15, -0.1) is 11.3 Å². The number of carbonyl (C=O) groups excluding carboxylic acids is 2. The summed E-state index contributed by atoms with van der Waals surface area (Å²) in [5.41, 5.74) is 0.782. The van der Waals surface area contributed by atoms with E-state index in [2.05, 4.69) is 29.2 Å². The summed E-state index contributed by atoms with van der Waals surface area (Å²) >= 11 is 1.61. The Hall–Kier alpha value is -2.18. The Morgan fingerprint density at radius 2 is 1.89 bits per heavy atom. The number of hydrogen-bond donors (Lipinski definition) is 0. The first kappa shape index (κ1) is 19.2. The van der Waals surface area contributed by atoms with Crippen LogP contribution in [0.15, 0.2) is 47.8 Å². The van der Waals surface area contributed by atoms with Crippen LogP contribution in [0.2, 0.25) is 0 Å². The lowest BCUT2D eigenvalue weighted by molar-refractivity contribution is -0.140. The molecule has 4 rings (SSSR count). The second-order valence-corrected chi connectivity index (χ2v) is 9.27. The quantitative estimate of drug-likeness (QED) is 0.778.